The number of hydrogen-bond donors (Lipinski definition) is 2. The fourth-order valence-electron chi connectivity index (χ4n) is 2.70. The van der Waals surface area contributed by atoms with E-state index in [9.17, 15) is 4.39 Å². The van der Waals surface area contributed by atoms with Gasteiger partial charge in [-0.1, -0.05) is 29.8 Å². The number of aromatic nitrogens is 4. The number of halogens is 2. The Labute approximate surface area is 154 Å². The Morgan fingerprint density at radius 3 is 2.58 bits per heavy atom. The highest BCUT2D eigenvalue weighted by molar-refractivity contribution is 6.29. The van der Waals surface area contributed by atoms with Gasteiger partial charge in [-0.2, -0.15) is 0 Å². The van der Waals surface area contributed by atoms with E-state index >= 15 is 0 Å². The molecular formula is C19H15ClFN5. The van der Waals surface area contributed by atoms with Crippen LogP contribution in [0.4, 0.5) is 10.2 Å². The molecule has 0 atom stereocenters. The minimum atomic E-state index is -0.237. The van der Waals surface area contributed by atoms with E-state index in [4.69, 9.17) is 11.6 Å². The monoisotopic (exact) mass is 367 g/mol. The summed E-state index contributed by atoms with van der Waals surface area (Å²) in [5.74, 6) is 0.527. The number of pyridine rings is 1. The van der Waals surface area contributed by atoms with Crippen LogP contribution in [-0.4, -0.2) is 19.9 Å². The molecule has 4 rings (SSSR count). The third-order valence-electron chi connectivity index (χ3n) is 4.04. The molecule has 0 radical (unpaired) electrons. The van der Waals surface area contributed by atoms with Gasteiger partial charge in [0.05, 0.1) is 6.20 Å². The van der Waals surface area contributed by atoms with E-state index in [-0.39, 0.29) is 5.82 Å². The SMILES string of the molecule is Fc1ccc(CNc2ccc(Cc3c[nH]c4ncc(Cl)nc34)cn2)cc1. The summed E-state index contributed by atoms with van der Waals surface area (Å²) in [6.07, 6.45) is 5.92. The molecule has 1 aromatic carbocycles. The number of rotatable bonds is 5. The molecule has 2 N–H and O–H groups in total. The highest BCUT2D eigenvalue weighted by Crippen LogP contribution is 2.20. The van der Waals surface area contributed by atoms with Crippen LogP contribution in [0.3, 0.4) is 0 Å². The van der Waals surface area contributed by atoms with Gasteiger partial charge >= 0.3 is 0 Å². The van der Waals surface area contributed by atoms with Gasteiger partial charge in [0.15, 0.2) is 5.65 Å². The standard InChI is InChI=1S/C19H15ClFN5/c20-16-11-25-19-18(26-16)14(10-24-19)7-13-3-6-17(23-9-13)22-8-12-1-4-15(21)5-2-12/h1-6,9-11H,7-8H2,(H,22,23)(H,24,25). The molecule has 130 valence electrons. The molecule has 3 heterocycles. The maximum absolute atomic E-state index is 12.9. The third kappa shape index (κ3) is 3.65. The molecule has 0 aliphatic rings. The largest absolute Gasteiger partial charge is 0.366 e. The lowest BCUT2D eigenvalue weighted by molar-refractivity contribution is 0.627. The van der Waals surface area contributed by atoms with E-state index in [0.717, 1.165) is 33.7 Å². The quantitative estimate of drug-likeness (QED) is 0.550. The number of H-pyrrole nitrogens is 1. The fraction of sp³-hybridized carbons (Fsp3) is 0.105. The van der Waals surface area contributed by atoms with Crippen LogP contribution in [0.15, 0.2) is 55.0 Å². The molecule has 4 aromatic rings. The topological polar surface area (TPSA) is 66.5 Å². The van der Waals surface area contributed by atoms with E-state index in [1.165, 1.54) is 18.3 Å². The highest BCUT2D eigenvalue weighted by Gasteiger charge is 2.08. The van der Waals surface area contributed by atoms with E-state index in [2.05, 4.69) is 25.3 Å². The maximum atomic E-state index is 12.9. The van der Waals surface area contributed by atoms with Crippen molar-refractivity contribution in [1.82, 2.24) is 19.9 Å². The number of hydrogen-bond acceptors (Lipinski definition) is 4. The van der Waals surface area contributed by atoms with Crippen LogP contribution in [0.25, 0.3) is 11.2 Å². The lowest BCUT2D eigenvalue weighted by Gasteiger charge is -2.07. The van der Waals surface area contributed by atoms with Gasteiger partial charge in [0.25, 0.3) is 0 Å². The van der Waals surface area contributed by atoms with Crippen LogP contribution in [0, 0.1) is 5.82 Å². The zero-order chi connectivity index (χ0) is 17.9. The van der Waals surface area contributed by atoms with Crippen LogP contribution in [0.1, 0.15) is 16.7 Å². The smallest absolute Gasteiger partial charge is 0.156 e. The van der Waals surface area contributed by atoms with Crippen molar-refractivity contribution in [2.45, 2.75) is 13.0 Å². The molecule has 0 aliphatic heterocycles. The summed E-state index contributed by atoms with van der Waals surface area (Å²) in [6.45, 7) is 0.586. The van der Waals surface area contributed by atoms with Gasteiger partial charge < -0.3 is 10.3 Å². The Hall–Kier alpha value is -2.99. The Kier molecular flexibility index (Phi) is 4.50. The van der Waals surface area contributed by atoms with Crippen LogP contribution < -0.4 is 5.32 Å². The molecule has 0 bridgehead atoms. The molecule has 0 amide bonds. The molecular weight excluding hydrogens is 353 g/mol. The molecule has 0 saturated carbocycles. The second-order valence-corrected chi connectivity index (χ2v) is 6.30. The maximum Gasteiger partial charge on any atom is 0.156 e. The van der Waals surface area contributed by atoms with Crippen molar-refractivity contribution in [2.24, 2.45) is 0 Å². The van der Waals surface area contributed by atoms with Crippen molar-refractivity contribution in [3.63, 3.8) is 0 Å². The molecule has 0 spiro atoms. The van der Waals surface area contributed by atoms with Crippen LogP contribution in [-0.2, 0) is 13.0 Å². The summed E-state index contributed by atoms with van der Waals surface area (Å²) in [4.78, 5) is 16.1. The lowest BCUT2D eigenvalue weighted by atomic mass is 10.1. The fourth-order valence-corrected chi connectivity index (χ4v) is 2.84. The summed E-state index contributed by atoms with van der Waals surface area (Å²) >= 11 is 5.94. The number of nitrogens with zero attached hydrogens (tertiary/aromatic N) is 3. The minimum Gasteiger partial charge on any atom is -0.366 e. The predicted octanol–water partition coefficient (Wildman–Crippen LogP) is 4.35. The highest BCUT2D eigenvalue weighted by atomic mass is 35.5. The van der Waals surface area contributed by atoms with Crippen molar-refractivity contribution in [1.29, 1.82) is 0 Å². The second-order valence-electron chi connectivity index (χ2n) is 5.91. The number of fused-ring (bicyclic) bond motifs is 1. The summed E-state index contributed by atoms with van der Waals surface area (Å²) < 4.78 is 12.9. The van der Waals surface area contributed by atoms with Crippen LogP contribution >= 0.6 is 11.6 Å². The minimum absolute atomic E-state index is 0.237. The summed E-state index contributed by atoms with van der Waals surface area (Å²) in [5, 5.41) is 3.60. The Balaban J connectivity index is 1.43. The van der Waals surface area contributed by atoms with Crippen LogP contribution in [0.2, 0.25) is 5.15 Å². The van der Waals surface area contributed by atoms with Crippen LogP contribution in [0.5, 0.6) is 0 Å². The van der Waals surface area contributed by atoms with Gasteiger partial charge in [0.1, 0.15) is 22.3 Å². The Bertz CT molecular complexity index is 1030. The van der Waals surface area contributed by atoms with Crippen molar-refractivity contribution < 1.29 is 4.39 Å². The zero-order valence-corrected chi connectivity index (χ0v) is 14.5. The molecule has 7 heteroatoms. The average Bonchev–Trinajstić information content (AvgIpc) is 3.04. The van der Waals surface area contributed by atoms with Gasteiger partial charge in [-0.3, -0.25) is 0 Å². The lowest BCUT2D eigenvalue weighted by Crippen LogP contribution is -2.01. The molecule has 3 aromatic heterocycles. The zero-order valence-electron chi connectivity index (χ0n) is 13.7. The van der Waals surface area contributed by atoms with Gasteiger partial charge in [-0.05, 0) is 29.3 Å². The average molecular weight is 368 g/mol. The molecule has 26 heavy (non-hydrogen) atoms. The number of anilines is 1. The van der Waals surface area contributed by atoms with E-state index < -0.39 is 0 Å². The Morgan fingerprint density at radius 1 is 1.00 bits per heavy atom. The Morgan fingerprint density at radius 2 is 1.81 bits per heavy atom. The molecule has 0 fully saturated rings. The molecule has 0 aliphatic carbocycles. The molecule has 5 nitrogen and oxygen atoms in total. The van der Waals surface area contributed by atoms with E-state index in [0.29, 0.717) is 18.1 Å². The number of nitrogens with one attached hydrogen (secondary N) is 2. The van der Waals surface area contributed by atoms with Gasteiger partial charge in [0.2, 0.25) is 0 Å². The van der Waals surface area contributed by atoms with Gasteiger partial charge in [0, 0.05) is 30.9 Å². The first-order valence-electron chi connectivity index (χ1n) is 8.09. The molecule has 0 unspecified atom stereocenters. The normalized spacial score (nSPS) is 11.0. The predicted molar refractivity (Wildman–Crippen MR) is 99.7 cm³/mol. The van der Waals surface area contributed by atoms with E-state index in [1.807, 2.05) is 24.5 Å². The number of benzene rings is 1. The van der Waals surface area contributed by atoms with Crippen molar-refractivity contribution in [3.8, 4) is 0 Å². The van der Waals surface area contributed by atoms with Gasteiger partial charge in [-0.15, -0.1) is 0 Å². The first-order chi connectivity index (χ1) is 12.7. The summed E-state index contributed by atoms with van der Waals surface area (Å²) in [7, 11) is 0. The van der Waals surface area contributed by atoms with Crippen molar-refractivity contribution in [3.05, 3.63) is 82.6 Å². The van der Waals surface area contributed by atoms with Crippen molar-refractivity contribution >= 4 is 28.6 Å². The summed E-state index contributed by atoms with van der Waals surface area (Å²) in [5.41, 5.74) is 4.56. The number of aromatic amines is 1. The van der Waals surface area contributed by atoms with E-state index in [1.54, 1.807) is 12.1 Å². The molecule has 0 saturated heterocycles. The summed E-state index contributed by atoms with van der Waals surface area (Å²) in [6, 6.07) is 10.3. The second kappa shape index (κ2) is 7.09. The van der Waals surface area contributed by atoms with Gasteiger partial charge in [-0.25, -0.2) is 19.3 Å². The first kappa shape index (κ1) is 16.5. The third-order valence-corrected chi connectivity index (χ3v) is 4.22. The first-order valence-corrected chi connectivity index (χ1v) is 8.47. The van der Waals surface area contributed by atoms with Crippen molar-refractivity contribution in [2.75, 3.05) is 5.32 Å².